The Morgan fingerprint density at radius 2 is 1.95 bits per heavy atom. The zero-order valence-corrected chi connectivity index (χ0v) is 12.1. The average molecular weight is 289 g/mol. The van der Waals surface area contributed by atoms with Gasteiger partial charge in [0, 0.05) is 5.39 Å². The van der Waals surface area contributed by atoms with Crippen LogP contribution in [0.5, 0.6) is 11.5 Å². The normalized spacial score (nSPS) is 10.5. The van der Waals surface area contributed by atoms with Crippen molar-refractivity contribution in [3.8, 4) is 11.5 Å². The Bertz CT molecular complexity index is 663. The molecular weight excluding hydrogens is 270 g/mol. The van der Waals surface area contributed by atoms with Crippen LogP contribution in [0, 0.1) is 0 Å². The van der Waals surface area contributed by atoms with Gasteiger partial charge in [0.05, 0.1) is 12.1 Å². The van der Waals surface area contributed by atoms with Gasteiger partial charge in [-0.1, -0.05) is 38.3 Å². The molecule has 1 aromatic carbocycles. The number of benzene rings is 1. The van der Waals surface area contributed by atoms with Gasteiger partial charge in [0.25, 0.3) is 12.0 Å². The fourth-order valence-electron chi connectivity index (χ4n) is 2.20. The highest BCUT2D eigenvalue weighted by Gasteiger charge is 2.15. The van der Waals surface area contributed by atoms with Crippen molar-refractivity contribution in [2.24, 2.45) is 0 Å². The first-order valence-electron chi connectivity index (χ1n) is 7.16. The third-order valence-corrected chi connectivity index (χ3v) is 3.24. The van der Waals surface area contributed by atoms with Crippen LogP contribution < -0.4 is 15.0 Å². The highest BCUT2D eigenvalue weighted by Crippen LogP contribution is 2.31. The molecule has 0 saturated carbocycles. The molecular formula is C16H19NO4. The van der Waals surface area contributed by atoms with Crippen LogP contribution in [-0.2, 0) is 4.79 Å². The van der Waals surface area contributed by atoms with Crippen molar-refractivity contribution in [3.63, 3.8) is 0 Å². The first-order valence-corrected chi connectivity index (χ1v) is 7.16. The first-order chi connectivity index (χ1) is 10.3. The molecule has 1 N–H and O–H groups in total. The van der Waals surface area contributed by atoms with Crippen LogP contribution in [-0.4, -0.2) is 18.1 Å². The number of para-hydroxylation sites is 1. The van der Waals surface area contributed by atoms with Crippen molar-refractivity contribution in [2.45, 2.75) is 32.6 Å². The molecule has 0 radical (unpaired) electrons. The minimum Gasteiger partial charge on any atom is -0.489 e. The predicted molar refractivity (Wildman–Crippen MR) is 80.9 cm³/mol. The quantitative estimate of drug-likeness (QED) is 0.599. The summed E-state index contributed by atoms with van der Waals surface area (Å²) in [7, 11) is 0. The predicted octanol–water partition coefficient (Wildman–Crippen LogP) is 3.02. The number of aromatic nitrogens is 1. The third kappa shape index (κ3) is 3.62. The molecule has 2 rings (SSSR count). The summed E-state index contributed by atoms with van der Waals surface area (Å²) < 4.78 is 10.5. The van der Waals surface area contributed by atoms with E-state index in [-0.39, 0.29) is 12.2 Å². The van der Waals surface area contributed by atoms with E-state index in [9.17, 15) is 9.59 Å². The molecule has 0 atom stereocenters. The SMILES string of the molecule is CCCCCCOc1c(OC=O)c(=O)[nH]c2ccccc12. The summed E-state index contributed by atoms with van der Waals surface area (Å²) >= 11 is 0. The van der Waals surface area contributed by atoms with Gasteiger partial charge in [0.2, 0.25) is 5.75 Å². The Hall–Kier alpha value is -2.30. The van der Waals surface area contributed by atoms with Crippen LogP contribution in [0.2, 0.25) is 0 Å². The third-order valence-electron chi connectivity index (χ3n) is 3.24. The van der Waals surface area contributed by atoms with E-state index in [1.54, 1.807) is 6.07 Å². The van der Waals surface area contributed by atoms with E-state index in [4.69, 9.17) is 9.47 Å². The lowest BCUT2D eigenvalue weighted by Crippen LogP contribution is -2.13. The molecule has 21 heavy (non-hydrogen) atoms. The lowest BCUT2D eigenvalue weighted by molar-refractivity contribution is -0.120. The Morgan fingerprint density at radius 3 is 2.71 bits per heavy atom. The summed E-state index contributed by atoms with van der Waals surface area (Å²) in [4.78, 5) is 25.2. The van der Waals surface area contributed by atoms with Gasteiger partial charge in [-0.15, -0.1) is 0 Å². The number of nitrogens with one attached hydrogen (secondary N) is 1. The number of aromatic amines is 1. The van der Waals surface area contributed by atoms with Crippen molar-refractivity contribution in [1.29, 1.82) is 0 Å². The number of ether oxygens (including phenoxy) is 2. The number of H-pyrrole nitrogens is 1. The summed E-state index contributed by atoms with van der Waals surface area (Å²) in [6.07, 6.45) is 4.27. The molecule has 0 aliphatic heterocycles. The summed E-state index contributed by atoms with van der Waals surface area (Å²) in [5, 5.41) is 0.726. The van der Waals surface area contributed by atoms with Crippen molar-refractivity contribution < 1.29 is 14.3 Å². The molecule has 0 fully saturated rings. The highest BCUT2D eigenvalue weighted by atomic mass is 16.5. The summed E-state index contributed by atoms with van der Waals surface area (Å²) in [5.41, 5.74) is 0.189. The van der Waals surface area contributed by atoms with Crippen LogP contribution in [0.3, 0.4) is 0 Å². The molecule has 0 aliphatic carbocycles. The van der Waals surface area contributed by atoms with E-state index in [1.165, 1.54) is 0 Å². The Balaban J connectivity index is 2.30. The lowest BCUT2D eigenvalue weighted by atomic mass is 10.2. The Morgan fingerprint density at radius 1 is 1.14 bits per heavy atom. The molecule has 5 nitrogen and oxygen atoms in total. The van der Waals surface area contributed by atoms with Crippen molar-refractivity contribution >= 4 is 17.4 Å². The van der Waals surface area contributed by atoms with Crippen LogP contribution in [0.1, 0.15) is 32.6 Å². The zero-order valence-electron chi connectivity index (χ0n) is 12.1. The second-order valence-corrected chi connectivity index (χ2v) is 4.78. The zero-order chi connectivity index (χ0) is 15.1. The first kappa shape index (κ1) is 15.1. The number of pyridine rings is 1. The highest BCUT2D eigenvalue weighted by molar-refractivity contribution is 5.87. The van der Waals surface area contributed by atoms with E-state index in [0.717, 1.165) is 31.1 Å². The minimum absolute atomic E-state index is 0.0841. The van der Waals surface area contributed by atoms with Gasteiger partial charge in [0.15, 0.2) is 5.75 Å². The largest absolute Gasteiger partial charge is 0.489 e. The van der Waals surface area contributed by atoms with E-state index < -0.39 is 5.56 Å². The molecule has 1 heterocycles. The van der Waals surface area contributed by atoms with Crippen LogP contribution in [0.25, 0.3) is 10.9 Å². The van der Waals surface area contributed by atoms with Crippen LogP contribution >= 0.6 is 0 Å². The van der Waals surface area contributed by atoms with Gasteiger partial charge >= 0.3 is 0 Å². The number of carbonyl (C=O) groups is 1. The van der Waals surface area contributed by atoms with Gasteiger partial charge in [-0.05, 0) is 18.6 Å². The van der Waals surface area contributed by atoms with Gasteiger partial charge in [0.1, 0.15) is 0 Å². The van der Waals surface area contributed by atoms with Crippen molar-refractivity contribution in [1.82, 2.24) is 4.98 Å². The second-order valence-electron chi connectivity index (χ2n) is 4.78. The van der Waals surface area contributed by atoms with Crippen molar-refractivity contribution in [3.05, 3.63) is 34.6 Å². The summed E-state index contributed by atoms with van der Waals surface area (Å²) in [5.74, 6) is 0.247. The molecule has 0 amide bonds. The number of fused-ring (bicyclic) bond motifs is 1. The van der Waals surface area contributed by atoms with Gasteiger partial charge in [-0.3, -0.25) is 9.59 Å². The van der Waals surface area contributed by atoms with E-state index in [2.05, 4.69) is 11.9 Å². The number of rotatable bonds is 8. The van der Waals surface area contributed by atoms with Crippen LogP contribution in [0.4, 0.5) is 0 Å². The minimum atomic E-state index is -0.468. The van der Waals surface area contributed by atoms with E-state index in [0.29, 0.717) is 17.9 Å². The molecule has 0 aliphatic rings. The molecule has 112 valence electrons. The average Bonchev–Trinajstić information content (AvgIpc) is 2.49. The monoisotopic (exact) mass is 289 g/mol. The Kier molecular flexibility index (Phi) is 5.37. The number of hydrogen-bond acceptors (Lipinski definition) is 4. The van der Waals surface area contributed by atoms with Crippen LogP contribution in [0.15, 0.2) is 29.1 Å². The maximum atomic E-state index is 12.0. The van der Waals surface area contributed by atoms with Gasteiger partial charge in [-0.2, -0.15) is 0 Å². The molecule has 0 bridgehead atoms. The second kappa shape index (κ2) is 7.47. The number of hydrogen-bond donors (Lipinski definition) is 1. The molecule has 0 spiro atoms. The molecule has 2 aromatic rings. The van der Waals surface area contributed by atoms with E-state index in [1.807, 2.05) is 18.2 Å². The van der Waals surface area contributed by atoms with Crippen molar-refractivity contribution in [2.75, 3.05) is 6.61 Å². The standard InChI is InChI=1S/C16H19NO4/c1-2-3-4-7-10-20-14-12-8-5-6-9-13(12)17-16(19)15(14)21-11-18/h5-6,8-9,11H,2-4,7,10H2,1H3,(H,17,19). The summed E-state index contributed by atoms with van der Waals surface area (Å²) in [6, 6.07) is 7.27. The fraction of sp³-hybridized carbons (Fsp3) is 0.375. The maximum absolute atomic E-state index is 12.0. The fourth-order valence-corrected chi connectivity index (χ4v) is 2.20. The Labute approximate surface area is 122 Å². The summed E-state index contributed by atoms with van der Waals surface area (Å²) in [6.45, 7) is 2.87. The molecule has 0 saturated heterocycles. The lowest BCUT2D eigenvalue weighted by Gasteiger charge is -2.12. The number of unbranched alkanes of at least 4 members (excludes halogenated alkanes) is 3. The van der Waals surface area contributed by atoms with E-state index >= 15 is 0 Å². The molecule has 0 unspecified atom stereocenters. The molecule has 1 aromatic heterocycles. The topological polar surface area (TPSA) is 68.4 Å². The number of carbonyl (C=O) groups excluding carboxylic acids is 1. The smallest absolute Gasteiger partial charge is 0.298 e. The van der Waals surface area contributed by atoms with Gasteiger partial charge < -0.3 is 14.5 Å². The molecule has 5 heteroatoms. The van der Waals surface area contributed by atoms with Gasteiger partial charge in [-0.25, -0.2) is 0 Å². The maximum Gasteiger partial charge on any atom is 0.298 e.